The molecule has 2 unspecified atom stereocenters. The van der Waals surface area contributed by atoms with Gasteiger partial charge in [0.2, 0.25) is 11.6 Å². The Kier molecular flexibility index (Phi) is 8.00. The van der Waals surface area contributed by atoms with Crippen molar-refractivity contribution in [2.45, 2.75) is 71.1 Å². The van der Waals surface area contributed by atoms with Gasteiger partial charge in [-0.2, -0.15) is 10.1 Å². The Morgan fingerprint density at radius 3 is 2.48 bits per heavy atom. The molecule has 1 aliphatic rings. The SMILES string of the molecule is CCCc1c(Cc2ccc(-c3ccccc3-c3noc(=O)[nH]3)cc2)c(=O)n(C(C)CCC2(CC)OCC(=O)O2)c2ncnn12. The monoisotopic (exact) mass is 598 g/mol. The van der Waals surface area contributed by atoms with E-state index in [1.807, 2.05) is 62.4 Å². The predicted molar refractivity (Wildman–Crippen MR) is 161 cm³/mol. The Morgan fingerprint density at radius 2 is 1.82 bits per heavy atom. The molecule has 1 saturated heterocycles. The first-order valence-corrected chi connectivity index (χ1v) is 14.9. The molecule has 4 heterocycles. The Morgan fingerprint density at radius 1 is 1.05 bits per heavy atom. The van der Waals surface area contributed by atoms with Gasteiger partial charge in [0.05, 0.1) is 5.69 Å². The highest BCUT2D eigenvalue weighted by atomic mass is 16.8. The predicted octanol–water partition coefficient (Wildman–Crippen LogP) is 4.47. The molecule has 1 N–H and O–H groups in total. The van der Waals surface area contributed by atoms with Crippen LogP contribution in [0.4, 0.5) is 0 Å². The third-order valence-electron chi connectivity index (χ3n) is 8.26. The Hall–Kier alpha value is -4.84. The van der Waals surface area contributed by atoms with E-state index in [0.717, 1.165) is 34.4 Å². The number of aryl methyl sites for hydroxylation is 1. The Labute approximate surface area is 252 Å². The summed E-state index contributed by atoms with van der Waals surface area (Å²) in [7, 11) is 0. The van der Waals surface area contributed by atoms with Crippen molar-refractivity contribution < 1.29 is 18.8 Å². The van der Waals surface area contributed by atoms with Crippen LogP contribution in [0.5, 0.6) is 0 Å². The number of nitrogens with zero attached hydrogens (tertiary/aromatic N) is 5. The molecule has 228 valence electrons. The second kappa shape index (κ2) is 12.0. The molecule has 0 bridgehead atoms. The number of aromatic nitrogens is 6. The van der Waals surface area contributed by atoms with Crippen LogP contribution in [0, 0.1) is 0 Å². The molecule has 5 aromatic rings. The number of hydrogen-bond donors (Lipinski definition) is 1. The minimum Gasteiger partial charge on any atom is -0.431 e. The zero-order chi connectivity index (χ0) is 30.8. The van der Waals surface area contributed by atoms with Crippen LogP contribution >= 0.6 is 0 Å². The maximum Gasteiger partial charge on any atom is 0.439 e. The Bertz CT molecular complexity index is 1920. The maximum atomic E-state index is 14.2. The summed E-state index contributed by atoms with van der Waals surface area (Å²) in [6.45, 7) is 5.90. The van der Waals surface area contributed by atoms with E-state index in [2.05, 4.69) is 27.1 Å². The van der Waals surface area contributed by atoms with Crippen molar-refractivity contribution in [3.63, 3.8) is 0 Å². The van der Waals surface area contributed by atoms with Crippen molar-refractivity contribution in [2.24, 2.45) is 0 Å². The van der Waals surface area contributed by atoms with Crippen LogP contribution in [0.25, 0.3) is 28.3 Å². The summed E-state index contributed by atoms with van der Waals surface area (Å²) < 4.78 is 19.4. The highest BCUT2D eigenvalue weighted by Crippen LogP contribution is 2.33. The van der Waals surface area contributed by atoms with Gasteiger partial charge in [-0.1, -0.05) is 74.0 Å². The molecule has 2 atom stereocenters. The van der Waals surface area contributed by atoms with Crippen LogP contribution in [0.2, 0.25) is 0 Å². The van der Waals surface area contributed by atoms with E-state index in [0.29, 0.717) is 49.3 Å². The fourth-order valence-corrected chi connectivity index (χ4v) is 5.93. The minimum atomic E-state index is -0.965. The molecule has 0 aliphatic carbocycles. The summed E-state index contributed by atoms with van der Waals surface area (Å²) in [5, 5.41) is 8.36. The van der Waals surface area contributed by atoms with E-state index in [4.69, 9.17) is 14.0 Å². The average molecular weight is 599 g/mol. The summed E-state index contributed by atoms with van der Waals surface area (Å²) >= 11 is 0. The first kappa shape index (κ1) is 29.2. The van der Waals surface area contributed by atoms with Gasteiger partial charge in [0.1, 0.15) is 12.9 Å². The average Bonchev–Trinajstić information content (AvgIpc) is 3.79. The minimum absolute atomic E-state index is 0.0590. The lowest BCUT2D eigenvalue weighted by molar-refractivity contribution is -0.178. The van der Waals surface area contributed by atoms with Gasteiger partial charge in [0.15, 0.2) is 5.82 Å². The second-order valence-electron chi connectivity index (χ2n) is 11.1. The van der Waals surface area contributed by atoms with Crippen LogP contribution in [0.15, 0.2) is 69.0 Å². The standard InChI is InChI=1S/C32H34N6O6/c1-4-8-26-25(17-21-11-13-22(14-12-21)23-9-6-7-10-24(23)28-35-31(41)44-36-28)29(40)37(30-33-19-34-38(26)30)20(3)15-16-32(5-2)42-18-27(39)43-32/h6-7,9-14,19-20H,4-5,8,15-18H2,1-3H3,(H,35,36,41). The molecule has 1 aliphatic heterocycles. The lowest BCUT2D eigenvalue weighted by Crippen LogP contribution is -2.34. The number of aromatic amines is 1. The summed E-state index contributed by atoms with van der Waals surface area (Å²) in [4.78, 5) is 44.7. The molecule has 6 rings (SSSR count). The summed E-state index contributed by atoms with van der Waals surface area (Å²) in [6.07, 6.45) is 4.92. The van der Waals surface area contributed by atoms with E-state index in [1.165, 1.54) is 6.33 Å². The molecule has 0 saturated carbocycles. The highest BCUT2D eigenvalue weighted by molar-refractivity contribution is 5.80. The van der Waals surface area contributed by atoms with Gasteiger partial charge >= 0.3 is 11.7 Å². The topological polar surface area (TPSA) is 147 Å². The van der Waals surface area contributed by atoms with Crippen molar-refractivity contribution in [1.82, 2.24) is 29.3 Å². The number of benzene rings is 2. The zero-order valence-corrected chi connectivity index (χ0v) is 24.9. The normalized spacial score (nSPS) is 17.3. The van der Waals surface area contributed by atoms with E-state index < -0.39 is 11.5 Å². The van der Waals surface area contributed by atoms with Gasteiger partial charge in [-0.05, 0) is 36.5 Å². The fourth-order valence-electron chi connectivity index (χ4n) is 5.93. The van der Waals surface area contributed by atoms with Gasteiger partial charge in [-0.15, -0.1) is 0 Å². The number of nitrogens with one attached hydrogen (secondary N) is 1. The van der Waals surface area contributed by atoms with Gasteiger partial charge in [-0.3, -0.25) is 18.9 Å². The third kappa shape index (κ3) is 5.48. The van der Waals surface area contributed by atoms with Gasteiger partial charge in [0, 0.05) is 36.4 Å². The van der Waals surface area contributed by atoms with Gasteiger partial charge < -0.3 is 9.47 Å². The maximum absolute atomic E-state index is 14.2. The summed E-state index contributed by atoms with van der Waals surface area (Å²) in [5.41, 5.74) is 4.92. The number of fused-ring (bicyclic) bond motifs is 1. The summed E-state index contributed by atoms with van der Waals surface area (Å²) in [6, 6.07) is 15.4. The van der Waals surface area contributed by atoms with Gasteiger partial charge in [-0.25, -0.2) is 14.1 Å². The van der Waals surface area contributed by atoms with Crippen LogP contribution in [0.1, 0.15) is 69.3 Å². The molecule has 2 aromatic carbocycles. The largest absolute Gasteiger partial charge is 0.439 e. The lowest BCUT2D eigenvalue weighted by Gasteiger charge is -2.27. The van der Waals surface area contributed by atoms with Crippen LogP contribution < -0.4 is 11.3 Å². The molecule has 12 heteroatoms. The molecular formula is C32H34N6O6. The fraction of sp³-hybridized carbons (Fsp3) is 0.375. The number of carbonyl (C=O) groups excluding carboxylic acids is 1. The molecule has 0 amide bonds. The van der Waals surface area contributed by atoms with Crippen LogP contribution in [-0.4, -0.2) is 47.7 Å². The van der Waals surface area contributed by atoms with E-state index in [1.54, 1.807) is 9.08 Å². The third-order valence-corrected chi connectivity index (χ3v) is 8.26. The molecular weight excluding hydrogens is 564 g/mol. The number of rotatable bonds is 11. The molecule has 12 nitrogen and oxygen atoms in total. The summed E-state index contributed by atoms with van der Waals surface area (Å²) in [5.74, 6) is -1.10. The number of H-pyrrole nitrogens is 1. The number of ether oxygens (including phenoxy) is 2. The second-order valence-corrected chi connectivity index (χ2v) is 11.1. The van der Waals surface area contributed by atoms with Crippen LogP contribution in [-0.2, 0) is 27.1 Å². The smallest absolute Gasteiger partial charge is 0.431 e. The highest BCUT2D eigenvalue weighted by Gasteiger charge is 2.40. The Balaban J connectivity index is 1.33. The first-order valence-electron chi connectivity index (χ1n) is 14.9. The number of hydrogen-bond acceptors (Lipinski definition) is 9. The van der Waals surface area contributed by atoms with Crippen molar-refractivity contribution in [2.75, 3.05) is 6.61 Å². The molecule has 0 spiro atoms. The van der Waals surface area contributed by atoms with Gasteiger partial charge in [0.25, 0.3) is 5.56 Å². The van der Waals surface area contributed by atoms with Crippen molar-refractivity contribution in [3.8, 4) is 22.5 Å². The van der Waals surface area contributed by atoms with Crippen LogP contribution in [0.3, 0.4) is 0 Å². The zero-order valence-electron chi connectivity index (χ0n) is 24.9. The quantitative estimate of drug-likeness (QED) is 0.218. The number of cyclic esters (lactones) is 1. The van der Waals surface area contributed by atoms with E-state index in [-0.39, 0.29) is 24.2 Å². The molecule has 3 aromatic heterocycles. The molecule has 44 heavy (non-hydrogen) atoms. The lowest BCUT2D eigenvalue weighted by atomic mass is 9.96. The number of esters is 1. The van der Waals surface area contributed by atoms with Crippen molar-refractivity contribution in [1.29, 1.82) is 0 Å². The van der Waals surface area contributed by atoms with E-state index in [9.17, 15) is 14.4 Å². The van der Waals surface area contributed by atoms with Crippen molar-refractivity contribution >= 4 is 11.7 Å². The molecule has 0 radical (unpaired) electrons. The van der Waals surface area contributed by atoms with E-state index >= 15 is 0 Å². The number of carbonyl (C=O) groups is 1. The molecule has 1 fully saturated rings. The first-order chi connectivity index (χ1) is 21.3. The van der Waals surface area contributed by atoms with Crippen molar-refractivity contribution in [3.05, 3.63) is 92.6 Å².